The lowest BCUT2D eigenvalue weighted by Gasteiger charge is -2.08. The molecule has 0 saturated heterocycles. The second kappa shape index (κ2) is 6.88. The Morgan fingerprint density at radius 1 is 1.07 bits per heavy atom. The summed E-state index contributed by atoms with van der Waals surface area (Å²) in [5.41, 5.74) is 2.77. The lowest BCUT2D eigenvalue weighted by atomic mass is 10.1. The molecule has 0 saturated carbocycles. The molecule has 0 fully saturated rings. The van der Waals surface area contributed by atoms with Crippen molar-refractivity contribution in [2.45, 2.75) is 6.92 Å². The normalized spacial score (nSPS) is 10.8. The molecule has 0 aliphatic carbocycles. The first-order valence-electron chi connectivity index (χ1n) is 8.36. The number of non-ortho nitro benzene ring substituents is 1. The largest absolute Gasteiger partial charge is 0.322 e. The highest BCUT2D eigenvalue weighted by Crippen LogP contribution is 2.22. The zero-order chi connectivity index (χ0) is 19.7. The summed E-state index contributed by atoms with van der Waals surface area (Å²) in [5, 5.41) is 26.2. The van der Waals surface area contributed by atoms with Gasteiger partial charge in [0.05, 0.1) is 10.6 Å². The zero-order valence-electron chi connectivity index (χ0n) is 14.7. The molecule has 0 spiro atoms. The number of aryl methyl sites for hydroxylation is 1. The Hall–Kier alpha value is -4.14. The van der Waals surface area contributed by atoms with Crippen molar-refractivity contribution in [1.29, 1.82) is 0 Å². The third kappa shape index (κ3) is 3.28. The first-order chi connectivity index (χ1) is 13.5. The monoisotopic (exact) mass is 374 g/mol. The van der Waals surface area contributed by atoms with Gasteiger partial charge in [-0.15, -0.1) is 10.2 Å². The van der Waals surface area contributed by atoms with Crippen LogP contribution < -0.4 is 5.32 Å². The number of aromatic nitrogens is 4. The first kappa shape index (κ1) is 17.3. The van der Waals surface area contributed by atoms with Gasteiger partial charge in [-0.1, -0.05) is 18.2 Å². The molecule has 0 bridgehead atoms. The van der Waals surface area contributed by atoms with Crippen LogP contribution in [0.4, 0.5) is 11.4 Å². The molecule has 28 heavy (non-hydrogen) atoms. The molecule has 4 aromatic rings. The van der Waals surface area contributed by atoms with Crippen molar-refractivity contribution in [3.8, 4) is 11.3 Å². The average Bonchev–Trinajstić information content (AvgIpc) is 3.08. The predicted molar refractivity (Wildman–Crippen MR) is 102 cm³/mol. The first-order valence-corrected chi connectivity index (χ1v) is 8.36. The molecule has 2 aromatic heterocycles. The smallest absolute Gasteiger partial charge is 0.270 e. The van der Waals surface area contributed by atoms with E-state index < -0.39 is 10.8 Å². The van der Waals surface area contributed by atoms with Gasteiger partial charge in [0.25, 0.3) is 11.6 Å². The molecule has 9 nitrogen and oxygen atoms in total. The number of rotatable bonds is 4. The summed E-state index contributed by atoms with van der Waals surface area (Å²) < 4.78 is 1.64. The minimum Gasteiger partial charge on any atom is -0.322 e. The third-order valence-corrected chi connectivity index (χ3v) is 4.15. The molecule has 0 aliphatic rings. The van der Waals surface area contributed by atoms with E-state index >= 15 is 0 Å². The van der Waals surface area contributed by atoms with Crippen molar-refractivity contribution in [3.05, 3.63) is 82.2 Å². The minimum absolute atomic E-state index is 0.136. The molecular weight excluding hydrogens is 360 g/mol. The van der Waals surface area contributed by atoms with E-state index in [0.29, 0.717) is 22.9 Å². The SMILES string of the molecule is Cc1nnc2ccc(-c3cccc(NC(=O)c4cccc([N+](=O)[O-])c4)c3)nn12. The van der Waals surface area contributed by atoms with Crippen molar-refractivity contribution in [2.24, 2.45) is 0 Å². The van der Waals surface area contributed by atoms with Crippen LogP contribution in [-0.2, 0) is 0 Å². The van der Waals surface area contributed by atoms with Crippen molar-refractivity contribution in [1.82, 2.24) is 19.8 Å². The number of amides is 1. The molecule has 1 N–H and O–H groups in total. The van der Waals surface area contributed by atoms with E-state index in [2.05, 4.69) is 20.6 Å². The topological polar surface area (TPSA) is 115 Å². The summed E-state index contributed by atoms with van der Waals surface area (Å²) in [5.74, 6) is 0.242. The number of fused-ring (bicyclic) bond motifs is 1. The van der Waals surface area contributed by atoms with Gasteiger partial charge in [0.15, 0.2) is 11.5 Å². The predicted octanol–water partition coefficient (Wildman–Crippen LogP) is 3.26. The Kier molecular flexibility index (Phi) is 4.24. The fraction of sp³-hybridized carbons (Fsp3) is 0.0526. The highest BCUT2D eigenvalue weighted by Gasteiger charge is 2.12. The number of anilines is 1. The van der Waals surface area contributed by atoms with Gasteiger partial charge < -0.3 is 5.32 Å². The van der Waals surface area contributed by atoms with Crippen LogP contribution in [0.3, 0.4) is 0 Å². The second-order valence-electron chi connectivity index (χ2n) is 6.08. The average molecular weight is 374 g/mol. The fourth-order valence-electron chi connectivity index (χ4n) is 2.77. The quantitative estimate of drug-likeness (QED) is 0.433. The Labute approximate surface area is 158 Å². The van der Waals surface area contributed by atoms with Crippen molar-refractivity contribution >= 4 is 22.9 Å². The summed E-state index contributed by atoms with van der Waals surface area (Å²) in [6.07, 6.45) is 0. The van der Waals surface area contributed by atoms with Gasteiger partial charge in [-0.3, -0.25) is 14.9 Å². The summed E-state index contributed by atoms with van der Waals surface area (Å²) in [4.78, 5) is 22.8. The van der Waals surface area contributed by atoms with Crippen molar-refractivity contribution in [2.75, 3.05) is 5.32 Å². The van der Waals surface area contributed by atoms with Gasteiger partial charge in [-0.2, -0.15) is 9.61 Å². The molecular formula is C19H14N6O3. The number of nitro groups is 1. The molecule has 4 rings (SSSR count). The van der Waals surface area contributed by atoms with E-state index in [4.69, 9.17) is 0 Å². The van der Waals surface area contributed by atoms with E-state index in [1.54, 1.807) is 22.7 Å². The molecule has 0 radical (unpaired) electrons. The number of carbonyl (C=O) groups is 1. The summed E-state index contributed by atoms with van der Waals surface area (Å²) in [7, 11) is 0. The van der Waals surface area contributed by atoms with E-state index in [1.165, 1.54) is 24.3 Å². The van der Waals surface area contributed by atoms with Gasteiger partial charge in [-0.25, -0.2) is 0 Å². The Morgan fingerprint density at radius 2 is 1.89 bits per heavy atom. The summed E-state index contributed by atoms with van der Waals surface area (Å²) >= 11 is 0. The molecule has 0 aliphatic heterocycles. The van der Waals surface area contributed by atoms with Crippen LogP contribution in [-0.4, -0.2) is 30.6 Å². The van der Waals surface area contributed by atoms with Crippen LogP contribution >= 0.6 is 0 Å². The number of nitrogens with zero attached hydrogens (tertiary/aromatic N) is 5. The molecule has 138 valence electrons. The highest BCUT2D eigenvalue weighted by molar-refractivity contribution is 6.04. The van der Waals surface area contributed by atoms with Crippen LogP contribution in [0.25, 0.3) is 16.9 Å². The Morgan fingerprint density at radius 3 is 2.71 bits per heavy atom. The van der Waals surface area contributed by atoms with E-state index in [1.807, 2.05) is 25.1 Å². The van der Waals surface area contributed by atoms with Crippen molar-refractivity contribution in [3.63, 3.8) is 0 Å². The van der Waals surface area contributed by atoms with Gasteiger partial charge in [0.1, 0.15) is 0 Å². The number of hydrogen-bond acceptors (Lipinski definition) is 6. The maximum Gasteiger partial charge on any atom is 0.270 e. The standard InChI is InChI=1S/C19H14N6O3/c1-12-21-22-18-9-8-17(23-24(12)18)13-4-2-6-15(10-13)20-19(26)14-5-3-7-16(11-14)25(27)28/h2-11H,1H3,(H,20,26). The maximum atomic E-state index is 12.5. The molecule has 1 amide bonds. The van der Waals surface area contributed by atoms with Crippen LogP contribution in [0.1, 0.15) is 16.2 Å². The number of hydrogen-bond donors (Lipinski definition) is 1. The lowest BCUT2D eigenvalue weighted by molar-refractivity contribution is -0.384. The fourth-order valence-corrected chi connectivity index (χ4v) is 2.77. The van der Waals surface area contributed by atoms with Crippen LogP contribution in [0.5, 0.6) is 0 Å². The van der Waals surface area contributed by atoms with Gasteiger partial charge in [0.2, 0.25) is 0 Å². The zero-order valence-corrected chi connectivity index (χ0v) is 14.7. The van der Waals surface area contributed by atoms with Gasteiger partial charge >= 0.3 is 0 Å². The molecule has 2 heterocycles. The molecule has 0 unspecified atom stereocenters. The summed E-state index contributed by atoms with van der Waals surface area (Å²) in [6.45, 7) is 1.81. The van der Waals surface area contributed by atoms with Gasteiger partial charge in [-0.05, 0) is 37.3 Å². The number of carbonyl (C=O) groups excluding carboxylic acids is 1. The summed E-state index contributed by atoms with van der Waals surface area (Å²) in [6, 6.07) is 16.4. The Balaban J connectivity index is 1.61. The van der Waals surface area contributed by atoms with Gasteiger partial charge in [0, 0.05) is 28.9 Å². The van der Waals surface area contributed by atoms with E-state index in [-0.39, 0.29) is 11.3 Å². The number of nitrogens with one attached hydrogen (secondary N) is 1. The van der Waals surface area contributed by atoms with E-state index in [9.17, 15) is 14.9 Å². The maximum absolute atomic E-state index is 12.5. The van der Waals surface area contributed by atoms with Crippen LogP contribution in [0, 0.1) is 17.0 Å². The minimum atomic E-state index is -0.536. The van der Waals surface area contributed by atoms with E-state index in [0.717, 1.165) is 5.56 Å². The molecule has 2 aromatic carbocycles. The molecule has 0 atom stereocenters. The van der Waals surface area contributed by atoms with Crippen molar-refractivity contribution < 1.29 is 9.72 Å². The van der Waals surface area contributed by atoms with Crippen LogP contribution in [0.15, 0.2) is 60.7 Å². The third-order valence-electron chi connectivity index (χ3n) is 4.15. The number of nitro benzene ring substituents is 1. The van der Waals surface area contributed by atoms with Crippen LogP contribution in [0.2, 0.25) is 0 Å². The molecule has 9 heteroatoms. The number of benzene rings is 2. The lowest BCUT2D eigenvalue weighted by Crippen LogP contribution is -2.12. The highest BCUT2D eigenvalue weighted by atomic mass is 16.6. The Bertz CT molecular complexity index is 1220. The second-order valence-corrected chi connectivity index (χ2v) is 6.08.